The van der Waals surface area contributed by atoms with Gasteiger partial charge in [-0.15, -0.1) is 0 Å². The maximum atomic E-state index is 6.65. The molecular formula is C35H38O6. The Balaban J connectivity index is 1.39. The van der Waals surface area contributed by atoms with Crippen LogP contribution in [-0.4, -0.2) is 44.4 Å². The highest BCUT2D eigenvalue weighted by atomic mass is 16.7. The predicted octanol–water partition coefficient (Wildman–Crippen LogP) is 6.33. The third-order valence-electron chi connectivity index (χ3n) is 7.14. The van der Waals surface area contributed by atoms with Crippen LogP contribution in [0.1, 0.15) is 22.3 Å². The zero-order valence-corrected chi connectivity index (χ0v) is 23.5. The highest BCUT2D eigenvalue weighted by Crippen LogP contribution is 2.38. The Kier molecular flexibility index (Phi) is 10.7. The summed E-state index contributed by atoms with van der Waals surface area (Å²) < 4.78 is 38.2. The van der Waals surface area contributed by atoms with Crippen LogP contribution in [0.3, 0.4) is 0 Å². The van der Waals surface area contributed by atoms with E-state index in [4.69, 9.17) is 28.4 Å². The van der Waals surface area contributed by atoms with E-state index in [0.717, 1.165) is 22.3 Å². The van der Waals surface area contributed by atoms with Gasteiger partial charge in [0.05, 0.1) is 39.6 Å². The van der Waals surface area contributed by atoms with Crippen molar-refractivity contribution in [1.29, 1.82) is 0 Å². The van der Waals surface area contributed by atoms with Crippen molar-refractivity contribution in [3.63, 3.8) is 0 Å². The third kappa shape index (κ3) is 8.11. The van der Waals surface area contributed by atoms with Crippen molar-refractivity contribution in [3.8, 4) is 0 Å². The molecule has 4 aromatic rings. The van der Waals surface area contributed by atoms with E-state index < -0.39 is 24.1 Å². The normalized spacial score (nSPS) is 19.8. The maximum Gasteiger partial charge on any atom is 0.187 e. The highest BCUT2D eigenvalue weighted by molar-refractivity contribution is 5.17. The van der Waals surface area contributed by atoms with Gasteiger partial charge in [-0.2, -0.15) is 0 Å². The van der Waals surface area contributed by atoms with Crippen molar-refractivity contribution in [2.45, 2.75) is 50.5 Å². The van der Waals surface area contributed by atoms with E-state index in [1.54, 1.807) is 7.11 Å². The van der Waals surface area contributed by atoms with E-state index in [2.05, 4.69) is 0 Å². The average Bonchev–Trinajstić information content (AvgIpc) is 3.33. The molecule has 214 valence electrons. The molecule has 1 unspecified atom stereocenters. The smallest absolute Gasteiger partial charge is 0.187 e. The minimum absolute atomic E-state index is 0.237. The van der Waals surface area contributed by atoms with Gasteiger partial charge >= 0.3 is 0 Å². The minimum atomic E-state index is -0.972. The first-order chi connectivity index (χ1) is 20.3. The molecule has 3 atom stereocenters. The standard InChI is InChI=1S/C35H38O6/c1-36-34-32(39-24-30-18-10-4-11-19-30)33(40-25-31-20-12-5-13-21-31)35(41-34,26-37-22-28-14-6-2-7-15-28)27-38-23-29-16-8-3-9-17-29/h2-21,32-34H,22-27H2,1H3/t32-,33+,34?/m1/s1. The topological polar surface area (TPSA) is 55.4 Å². The van der Waals surface area contributed by atoms with Crippen LogP contribution in [0, 0.1) is 0 Å². The summed E-state index contributed by atoms with van der Waals surface area (Å²) in [6.45, 7) is 2.12. The first-order valence-corrected chi connectivity index (χ1v) is 14.0. The van der Waals surface area contributed by atoms with Gasteiger partial charge in [0, 0.05) is 7.11 Å². The summed E-state index contributed by atoms with van der Waals surface area (Å²) in [7, 11) is 1.63. The Morgan fingerprint density at radius 3 is 1.34 bits per heavy atom. The van der Waals surface area contributed by atoms with Crippen molar-refractivity contribution < 1.29 is 28.4 Å². The van der Waals surface area contributed by atoms with E-state index in [0.29, 0.717) is 26.4 Å². The van der Waals surface area contributed by atoms with E-state index in [-0.39, 0.29) is 13.2 Å². The predicted molar refractivity (Wildman–Crippen MR) is 157 cm³/mol. The van der Waals surface area contributed by atoms with Crippen LogP contribution >= 0.6 is 0 Å². The fourth-order valence-electron chi connectivity index (χ4n) is 5.04. The third-order valence-corrected chi connectivity index (χ3v) is 7.14. The summed E-state index contributed by atoms with van der Waals surface area (Å²) in [6.07, 6.45) is -1.70. The van der Waals surface area contributed by atoms with E-state index >= 15 is 0 Å². The number of methoxy groups -OCH3 is 1. The molecule has 1 fully saturated rings. The highest BCUT2D eigenvalue weighted by Gasteiger charge is 2.57. The van der Waals surface area contributed by atoms with Gasteiger partial charge in [-0.25, -0.2) is 0 Å². The van der Waals surface area contributed by atoms with Crippen molar-refractivity contribution in [2.75, 3.05) is 20.3 Å². The second kappa shape index (κ2) is 15.0. The zero-order valence-electron chi connectivity index (χ0n) is 23.5. The summed E-state index contributed by atoms with van der Waals surface area (Å²) >= 11 is 0. The first-order valence-electron chi connectivity index (χ1n) is 14.0. The Morgan fingerprint density at radius 1 is 0.537 bits per heavy atom. The Hall–Kier alpha value is -3.36. The largest absolute Gasteiger partial charge is 0.374 e. The SMILES string of the molecule is COC1OC(COCc2ccccc2)(COCc2ccccc2)[C@@H](OCc2ccccc2)[C@H]1OCc1ccccc1. The summed E-state index contributed by atoms with van der Waals surface area (Å²) in [6, 6.07) is 40.3. The molecule has 0 aromatic heterocycles. The molecule has 0 radical (unpaired) electrons. The lowest BCUT2D eigenvalue weighted by Gasteiger charge is -2.34. The van der Waals surface area contributed by atoms with Gasteiger partial charge in [0.15, 0.2) is 6.29 Å². The van der Waals surface area contributed by atoms with Crippen LogP contribution < -0.4 is 0 Å². The fraction of sp³-hybridized carbons (Fsp3) is 0.314. The van der Waals surface area contributed by atoms with Gasteiger partial charge < -0.3 is 28.4 Å². The molecule has 5 rings (SSSR count). The Labute approximate surface area is 242 Å². The molecule has 0 spiro atoms. The van der Waals surface area contributed by atoms with Crippen molar-refractivity contribution in [3.05, 3.63) is 144 Å². The number of rotatable bonds is 15. The van der Waals surface area contributed by atoms with Gasteiger partial charge in [0.25, 0.3) is 0 Å². The molecule has 41 heavy (non-hydrogen) atoms. The summed E-state index contributed by atoms with van der Waals surface area (Å²) in [4.78, 5) is 0. The van der Waals surface area contributed by atoms with Crippen molar-refractivity contribution in [1.82, 2.24) is 0 Å². The minimum Gasteiger partial charge on any atom is -0.374 e. The van der Waals surface area contributed by atoms with Crippen LogP contribution in [0.2, 0.25) is 0 Å². The Morgan fingerprint density at radius 2 is 0.927 bits per heavy atom. The molecule has 0 saturated carbocycles. The molecule has 1 aliphatic rings. The molecule has 0 N–H and O–H groups in total. The van der Waals surface area contributed by atoms with Crippen molar-refractivity contribution in [2.24, 2.45) is 0 Å². The van der Waals surface area contributed by atoms with Gasteiger partial charge in [-0.05, 0) is 22.3 Å². The molecule has 0 aliphatic carbocycles. The van der Waals surface area contributed by atoms with Crippen LogP contribution in [0.4, 0.5) is 0 Å². The molecular weight excluding hydrogens is 516 g/mol. The maximum absolute atomic E-state index is 6.65. The number of ether oxygens (including phenoxy) is 6. The van der Waals surface area contributed by atoms with E-state index in [9.17, 15) is 0 Å². The molecule has 4 aromatic carbocycles. The monoisotopic (exact) mass is 554 g/mol. The van der Waals surface area contributed by atoms with E-state index in [1.165, 1.54) is 0 Å². The Bertz CT molecular complexity index is 1220. The quantitative estimate of drug-likeness (QED) is 0.171. The lowest BCUT2D eigenvalue weighted by Crippen LogP contribution is -2.52. The van der Waals surface area contributed by atoms with Gasteiger partial charge in [-0.1, -0.05) is 121 Å². The molecule has 1 heterocycles. The van der Waals surface area contributed by atoms with Crippen LogP contribution in [0.25, 0.3) is 0 Å². The molecule has 0 amide bonds. The summed E-state index contributed by atoms with van der Waals surface area (Å²) in [5.41, 5.74) is 3.29. The molecule has 0 bridgehead atoms. The number of benzene rings is 4. The summed E-state index contributed by atoms with van der Waals surface area (Å²) in [5.74, 6) is 0. The van der Waals surface area contributed by atoms with Gasteiger partial charge in [-0.3, -0.25) is 0 Å². The number of hydrogen-bond donors (Lipinski definition) is 0. The van der Waals surface area contributed by atoms with Crippen LogP contribution in [0.15, 0.2) is 121 Å². The molecule has 1 saturated heterocycles. The van der Waals surface area contributed by atoms with E-state index in [1.807, 2.05) is 121 Å². The zero-order chi connectivity index (χ0) is 28.2. The fourth-order valence-corrected chi connectivity index (χ4v) is 5.04. The van der Waals surface area contributed by atoms with Crippen LogP contribution in [-0.2, 0) is 54.8 Å². The first kappa shape index (κ1) is 29.1. The lowest BCUT2D eigenvalue weighted by molar-refractivity contribution is -0.217. The lowest BCUT2D eigenvalue weighted by atomic mass is 9.96. The van der Waals surface area contributed by atoms with Crippen molar-refractivity contribution >= 4 is 0 Å². The molecule has 6 heteroatoms. The van der Waals surface area contributed by atoms with Crippen LogP contribution in [0.5, 0.6) is 0 Å². The average molecular weight is 555 g/mol. The van der Waals surface area contributed by atoms with Gasteiger partial charge in [0.2, 0.25) is 0 Å². The number of hydrogen-bond acceptors (Lipinski definition) is 6. The summed E-state index contributed by atoms with van der Waals surface area (Å²) in [5, 5.41) is 0. The molecule has 6 nitrogen and oxygen atoms in total. The van der Waals surface area contributed by atoms with Gasteiger partial charge in [0.1, 0.15) is 17.8 Å². The molecule has 1 aliphatic heterocycles. The second-order valence-electron chi connectivity index (χ2n) is 10.2. The second-order valence-corrected chi connectivity index (χ2v) is 10.2.